The number of rotatable bonds is 13. The van der Waals surface area contributed by atoms with E-state index in [-0.39, 0.29) is 30.1 Å². The Labute approximate surface area is 179 Å². The monoisotopic (exact) mass is 447 g/mol. The average molecular weight is 448 g/mol. The normalized spacial score (nSPS) is 13.1. The first kappa shape index (κ1) is 27.6. The number of Topliss-reactive ketones (excluding diaryl/α,β-unsaturated/α-hetero) is 1. The maximum atomic E-state index is 12.2. The van der Waals surface area contributed by atoms with Crippen molar-refractivity contribution in [3.63, 3.8) is 0 Å². The highest BCUT2D eigenvalue weighted by Crippen LogP contribution is 2.17. The number of ether oxygens (including phenoxy) is 1. The fourth-order valence-corrected chi connectivity index (χ4v) is 2.96. The van der Waals surface area contributed by atoms with Gasteiger partial charge < -0.3 is 20.3 Å². The minimum atomic E-state index is -1.25. The molecule has 0 bridgehead atoms. The molecule has 0 radical (unpaired) electrons. The summed E-state index contributed by atoms with van der Waals surface area (Å²) in [5.74, 6) is -5.49. The van der Waals surface area contributed by atoms with Crippen LogP contribution in [0.1, 0.15) is 59.8 Å². The van der Waals surface area contributed by atoms with Crippen molar-refractivity contribution in [2.24, 2.45) is 5.92 Å². The van der Waals surface area contributed by atoms with E-state index in [1.165, 1.54) is 6.92 Å². The van der Waals surface area contributed by atoms with Gasteiger partial charge in [0.2, 0.25) is 5.91 Å². The third-order valence-electron chi connectivity index (χ3n) is 3.66. The van der Waals surface area contributed by atoms with E-state index in [1.54, 1.807) is 20.8 Å². The van der Waals surface area contributed by atoms with E-state index in [0.29, 0.717) is 0 Å². The SMILES string of the molecule is CC(=O)SC[C@H](NC(=O)CC[C@H](CC(=O)OC(C)(C)C)C(=O)O)C(=O)CCC(=O)O. The first-order valence-corrected chi connectivity index (χ1v) is 10.3. The molecule has 11 heteroatoms. The number of hydrogen-bond acceptors (Lipinski definition) is 8. The minimum absolute atomic E-state index is 0.0558. The Morgan fingerprint density at radius 1 is 1.00 bits per heavy atom. The number of amides is 1. The van der Waals surface area contributed by atoms with Crippen LogP contribution in [-0.2, 0) is 33.5 Å². The van der Waals surface area contributed by atoms with Gasteiger partial charge in [-0.3, -0.25) is 28.8 Å². The standard InChI is InChI=1S/C19H29NO9S/c1-11(21)30-10-13(14(22)6-8-16(24)25)20-15(23)7-5-12(18(27)28)9-17(26)29-19(2,3)4/h12-13H,5-10H2,1-4H3,(H,20,23)(H,24,25)(H,27,28)/t12-,13+/m1/s1. The summed E-state index contributed by atoms with van der Waals surface area (Å²) in [5, 5.41) is 20.1. The summed E-state index contributed by atoms with van der Waals surface area (Å²) in [6, 6.07) is -1.07. The molecule has 30 heavy (non-hydrogen) atoms. The Morgan fingerprint density at radius 3 is 2.07 bits per heavy atom. The minimum Gasteiger partial charge on any atom is -0.481 e. The van der Waals surface area contributed by atoms with Crippen LogP contribution in [0, 0.1) is 5.92 Å². The molecule has 3 N–H and O–H groups in total. The molecule has 0 saturated heterocycles. The van der Waals surface area contributed by atoms with Crippen molar-refractivity contribution >= 4 is 46.5 Å². The maximum absolute atomic E-state index is 12.2. The Bertz CT molecular complexity index is 669. The van der Waals surface area contributed by atoms with E-state index < -0.39 is 60.0 Å². The Kier molecular flexibility index (Phi) is 11.9. The zero-order valence-corrected chi connectivity index (χ0v) is 18.4. The van der Waals surface area contributed by atoms with Crippen molar-refractivity contribution < 1.29 is 43.7 Å². The molecular weight excluding hydrogens is 418 g/mol. The lowest BCUT2D eigenvalue weighted by Crippen LogP contribution is -2.43. The van der Waals surface area contributed by atoms with Crippen LogP contribution in [0.25, 0.3) is 0 Å². The summed E-state index contributed by atoms with van der Waals surface area (Å²) < 4.78 is 5.09. The van der Waals surface area contributed by atoms with Crippen LogP contribution < -0.4 is 5.32 Å². The van der Waals surface area contributed by atoms with Gasteiger partial charge in [-0.1, -0.05) is 11.8 Å². The van der Waals surface area contributed by atoms with Gasteiger partial charge in [0.05, 0.1) is 24.8 Å². The second kappa shape index (κ2) is 13.0. The van der Waals surface area contributed by atoms with E-state index in [9.17, 15) is 33.9 Å². The molecule has 1 amide bonds. The lowest BCUT2D eigenvalue weighted by Gasteiger charge is -2.21. The summed E-state index contributed by atoms with van der Waals surface area (Å²) in [5.41, 5.74) is -0.768. The second-order valence-electron chi connectivity index (χ2n) is 7.65. The van der Waals surface area contributed by atoms with Crippen LogP contribution in [0.3, 0.4) is 0 Å². The van der Waals surface area contributed by atoms with Crippen molar-refractivity contribution in [3.05, 3.63) is 0 Å². The lowest BCUT2D eigenvalue weighted by molar-refractivity contribution is -0.160. The molecule has 0 aromatic carbocycles. The average Bonchev–Trinajstić information content (AvgIpc) is 2.57. The van der Waals surface area contributed by atoms with Gasteiger partial charge in [0.25, 0.3) is 0 Å². The van der Waals surface area contributed by atoms with Crippen LogP contribution in [0.15, 0.2) is 0 Å². The van der Waals surface area contributed by atoms with E-state index in [0.717, 1.165) is 11.8 Å². The summed E-state index contributed by atoms with van der Waals surface area (Å²) >= 11 is 0.810. The van der Waals surface area contributed by atoms with Gasteiger partial charge in [0.15, 0.2) is 10.9 Å². The number of hydrogen-bond donors (Lipinski definition) is 3. The van der Waals surface area contributed by atoms with Crippen molar-refractivity contribution in [2.75, 3.05) is 5.75 Å². The van der Waals surface area contributed by atoms with Crippen LogP contribution >= 0.6 is 11.8 Å². The molecule has 0 aliphatic heterocycles. The molecule has 2 atom stereocenters. The summed E-state index contributed by atoms with van der Waals surface area (Å²) in [6.07, 6.45) is -1.55. The number of aliphatic carboxylic acids is 2. The van der Waals surface area contributed by atoms with E-state index in [1.807, 2.05) is 0 Å². The molecule has 170 valence electrons. The maximum Gasteiger partial charge on any atom is 0.307 e. The highest BCUT2D eigenvalue weighted by Gasteiger charge is 2.27. The van der Waals surface area contributed by atoms with Gasteiger partial charge in [-0.05, 0) is 27.2 Å². The summed E-state index contributed by atoms with van der Waals surface area (Å²) in [6.45, 7) is 6.23. The zero-order chi connectivity index (χ0) is 23.5. The summed E-state index contributed by atoms with van der Waals surface area (Å²) in [7, 11) is 0. The van der Waals surface area contributed by atoms with Crippen molar-refractivity contribution in [2.45, 2.75) is 71.4 Å². The van der Waals surface area contributed by atoms with Gasteiger partial charge in [-0.15, -0.1) is 0 Å². The second-order valence-corrected chi connectivity index (χ2v) is 8.84. The number of carbonyl (C=O) groups is 6. The fraction of sp³-hybridized carbons (Fsp3) is 0.684. The third-order valence-corrected chi connectivity index (χ3v) is 4.57. The van der Waals surface area contributed by atoms with Crippen molar-refractivity contribution in [1.29, 1.82) is 0 Å². The molecule has 0 rings (SSSR count). The first-order valence-electron chi connectivity index (χ1n) is 9.33. The first-order chi connectivity index (χ1) is 13.7. The van der Waals surface area contributed by atoms with Crippen LogP contribution in [0.5, 0.6) is 0 Å². The van der Waals surface area contributed by atoms with Crippen LogP contribution in [-0.4, -0.2) is 62.3 Å². The highest BCUT2D eigenvalue weighted by atomic mass is 32.2. The predicted octanol–water partition coefficient (Wildman–Crippen LogP) is 1.40. The molecule has 0 aromatic rings. The summed E-state index contributed by atoms with van der Waals surface area (Å²) in [4.78, 5) is 69.4. The molecule has 0 spiro atoms. The smallest absolute Gasteiger partial charge is 0.307 e. The molecule has 0 fully saturated rings. The number of nitrogens with one attached hydrogen (secondary N) is 1. The molecular formula is C19H29NO9S. The third kappa shape index (κ3) is 13.7. The Hall–Kier alpha value is -2.43. The number of thioether (sulfide) groups is 1. The molecule has 10 nitrogen and oxygen atoms in total. The van der Waals surface area contributed by atoms with Gasteiger partial charge in [-0.25, -0.2) is 0 Å². The largest absolute Gasteiger partial charge is 0.481 e. The van der Waals surface area contributed by atoms with Gasteiger partial charge in [0, 0.05) is 25.5 Å². The van der Waals surface area contributed by atoms with Gasteiger partial charge in [-0.2, -0.15) is 0 Å². The number of carbonyl (C=O) groups excluding carboxylic acids is 4. The number of esters is 1. The van der Waals surface area contributed by atoms with Crippen LogP contribution in [0.2, 0.25) is 0 Å². The Morgan fingerprint density at radius 2 is 1.60 bits per heavy atom. The zero-order valence-electron chi connectivity index (χ0n) is 17.6. The van der Waals surface area contributed by atoms with E-state index >= 15 is 0 Å². The lowest BCUT2D eigenvalue weighted by atomic mass is 9.99. The van der Waals surface area contributed by atoms with Crippen LogP contribution in [0.4, 0.5) is 0 Å². The van der Waals surface area contributed by atoms with Crippen molar-refractivity contribution in [1.82, 2.24) is 5.32 Å². The Balaban J connectivity index is 4.86. The quantitative estimate of drug-likeness (QED) is 0.351. The molecule has 0 heterocycles. The molecule has 0 unspecified atom stereocenters. The van der Waals surface area contributed by atoms with Gasteiger partial charge >= 0.3 is 17.9 Å². The number of carboxylic acids is 2. The highest BCUT2D eigenvalue weighted by molar-refractivity contribution is 8.13. The van der Waals surface area contributed by atoms with Crippen molar-refractivity contribution in [3.8, 4) is 0 Å². The molecule has 0 saturated carbocycles. The number of ketones is 1. The van der Waals surface area contributed by atoms with Gasteiger partial charge in [0.1, 0.15) is 5.60 Å². The van der Waals surface area contributed by atoms with E-state index in [2.05, 4.69) is 5.32 Å². The fourth-order valence-electron chi connectivity index (χ4n) is 2.29. The molecule has 0 aliphatic carbocycles. The topological polar surface area (TPSA) is 164 Å². The number of carboxylic acid groups (broad SMARTS) is 2. The van der Waals surface area contributed by atoms with E-state index in [4.69, 9.17) is 9.84 Å². The molecule has 0 aliphatic rings. The predicted molar refractivity (Wildman–Crippen MR) is 108 cm³/mol. The molecule has 0 aromatic heterocycles.